The second-order valence-electron chi connectivity index (χ2n) is 5.81. The Hall–Kier alpha value is -1.33. The van der Waals surface area contributed by atoms with Crippen molar-refractivity contribution in [2.45, 2.75) is 39.7 Å². The molecule has 0 bridgehead atoms. The van der Waals surface area contributed by atoms with Crippen molar-refractivity contribution in [3.8, 4) is 5.75 Å². The third-order valence-electron chi connectivity index (χ3n) is 3.25. The average Bonchev–Trinajstić information content (AvgIpc) is 2.42. The predicted octanol–water partition coefficient (Wildman–Crippen LogP) is 2.85. The van der Waals surface area contributed by atoms with Gasteiger partial charge < -0.3 is 9.84 Å². The van der Waals surface area contributed by atoms with Crippen LogP contribution in [0.2, 0.25) is 0 Å². The zero-order valence-corrected chi connectivity index (χ0v) is 14.6. The van der Waals surface area contributed by atoms with Crippen molar-refractivity contribution in [1.82, 2.24) is 0 Å². The number of aryl methyl sites for hydroxylation is 1. The summed E-state index contributed by atoms with van der Waals surface area (Å²) in [5, 5.41) is 9.92. The first-order valence-electron chi connectivity index (χ1n) is 7.48. The molecule has 1 aromatic rings. The largest absolute Gasteiger partial charge is 0.491 e. The Labute approximate surface area is 133 Å². The normalized spacial score (nSPS) is 13.7. The average molecular weight is 326 g/mol. The Morgan fingerprint density at radius 1 is 1.32 bits per heavy atom. The Bertz CT molecular complexity index is 603. The van der Waals surface area contributed by atoms with E-state index in [4.69, 9.17) is 4.74 Å². The van der Waals surface area contributed by atoms with Crippen LogP contribution < -0.4 is 4.74 Å². The molecular weight excluding hydrogens is 300 g/mol. The zero-order valence-electron chi connectivity index (χ0n) is 13.7. The molecule has 0 aliphatic heterocycles. The molecule has 0 heterocycles. The third-order valence-corrected chi connectivity index (χ3v) is 4.85. The van der Waals surface area contributed by atoms with Crippen LogP contribution in [0.25, 0.3) is 0 Å². The second-order valence-corrected chi connectivity index (χ2v) is 7.96. The maximum atomic E-state index is 11.8. The van der Waals surface area contributed by atoms with Crippen LogP contribution >= 0.6 is 0 Å². The van der Waals surface area contributed by atoms with Crippen LogP contribution in [0.3, 0.4) is 0 Å². The van der Waals surface area contributed by atoms with E-state index >= 15 is 0 Å². The molecule has 0 spiro atoms. The van der Waals surface area contributed by atoms with E-state index in [1.54, 1.807) is 19.1 Å². The highest BCUT2D eigenvalue weighted by atomic mass is 32.2. The number of hydrogen-bond donors (Lipinski definition) is 1. The predicted molar refractivity (Wildman–Crippen MR) is 90.2 cm³/mol. The van der Waals surface area contributed by atoms with Crippen LogP contribution in [-0.4, -0.2) is 37.7 Å². The van der Waals surface area contributed by atoms with E-state index in [-0.39, 0.29) is 18.1 Å². The molecule has 0 fully saturated rings. The standard InChI is InChI=1S/C17H26O4S/c1-5-6-9-22(19,20)12-15(18)11-21-17-10-14(4)7-8-16(17)13(2)3/h5-8,10,13,15,18H,9,11-12H2,1-4H3. The van der Waals surface area contributed by atoms with Crippen LogP contribution in [0, 0.1) is 6.92 Å². The molecule has 0 amide bonds. The van der Waals surface area contributed by atoms with Gasteiger partial charge in [-0.15, -0.1) is 0 Å². The number of hydrogen-bond acceptors (Lipinski definition) is 4. The smallest absolute Gasteiger partial charge is 0.156 e. The highest BCUT2D eigenvalue weighted by molar-refractivity contribution is 7.91. The molecule has 124 valence electrons. The van der Waals surface area contributed by atoms with Gasteiger partial charge in [0.15, 0.2) is 9.84 Å². The number of ether oxygens (including phenoxy) is 1. The maximum absolute atomic E-state index is 11.8. The Kier molecular flexibility index (Phi) is 7.10. The van der Waals surface area contributed by atoms with Gasteiger partial charge in [-0.05, 0) is 37.0 Å². The van der Waals surface area contributed by atoms with Gasteiger partial charge in [-0.25, -0.2) is 8.42 Å². The molecule has 1 atom stereocenters. The van der Waals surface area contributed by atoms with Crippen LogP contribution in [-0.2, 0) is 9.84 Å². The summed E-state index contributed by atoms with van der Waals surface area (Å²) < 4.78 is 29.2. The fourth-order valence-corrected chi connectivity index (χ4v) is 3.39. The van der Waals surface area contributed by atoms with Crippen molar-refractivity contribution in [2.75, 3.05) is 18.1 Å². The van der Waals surface area contributed by atoms with E-state index in [0.717, 1.165) is 11.1 Å². The van der Waals surface area contributed by atoms with Crippen molar-refractivity contribution in [2.24, 2.45) is 0 Å². The molecule has 22 heavy (non-hydrogen) atoms. The summed E-state index contributed by atoms with van der Waals surface area (Å²) in [6.07, 6.45) is 2.22. The van der Waals surface area contributed by atoms with Gasteiger partial charge in [0.1, 0.15) is 18.5 Å². The molecule has 5 heteroatoms. The van der Waals surface area contributed by atoms with Gasteiger partial charge in [-0.2, -0.15) is 0 Å². The van der Waals surface area contributed by atoms with Gasteiger partial charge in [0.2, 0.25) is 0 Å². The lowest BCUT2D eigenvalue weighted by molar-refractivity contribution is 0.124. The van der Waals surface area contributed by atoms with Gasteiger partial charge >= 0.3 is 0 Å². The molecule has 1 unspecified atom stereocenters. The van der Waals surface area contributed by atoms with E-state index in [0.29, 0.717) is 11.7 Å². The van der Waals surface area contributed by atoms with E-state index < -0.39 is 15.9 Å². The fraction of sp³-hybridized carbons (Fsp3) is 0.529. The monoisotopic (exact) mass is 326 g/mol. The minimum atomic E-state index is -3.30. The van der Waals surface area contributed by atoms with Crippen LogP contribution in [0.4, 0.5) is 0 Å². The summed E-state index contributed by atoms with van der Waals surface area (Å²) in [6, 6.07) is 5.93. The maximum Gasteiger partial charge on any atom is 0.156 e. The first kappa shape index (κ1) is 18.7. The van der Waals surface area contributed by atoms with Crippen molar-refractivity contribution in [1.29, 1.82) is 0 Å². The number of rotatable bonds is 8. The summed E-state index contributed by atoms with van der Waals surface area (Å²) in [6.45, 7) is 7.83. The number of benzene rings is 1. The second kappa shape index (κ2) is 8.34. The molecular formula is C17H26O4S. The van der Waals surface area contributed by atoms with E-state index in [1.165, 1.54) is 0 Å². The molecule has 1 aromatic carbocycles. The van der Waals surface area contributed by atoms with Crippen molar-refractivity contribution >= 4 is 9.84 Å². The highest BCUT2D eigenvalue weighted by Crippen LogP contribution is 2.27. The van der Waals surface area contributed by atoms with Gasteiger partial charge in [-0.3, -0.25) is 0 Å². The topological polar surface area (TPSA) is 63.6 Å². The van der Waals surface area contributed by atoms with Crippen LogP contribution in [0.5, 0.6) is 5.75 Å². The van der Waals surface area contributed by atoms with Gasteiger partial charge in [0.05, 0.1) is 11.5 Å². The number of aliphatic hydroxyl groups is 1. The Balaban J connectivity index is 2.68. The van der Waals surface area contributed by atoms with Gasteiger partial charge in [0.25, 0.3) is 0 Å². The zero-order chi connectivity index (χ0) is 16.8. The summed E-state index contributed by atoms with van der Waals surface area (Å²) in [5.41, 5.74) is 2.11. The summed E-state index contributed by atoms with van der Waals surface area (Å²) >= 11 is 0. The van der Waals surface area contributed by atoms with Crippen molar-refractivity contribution in [3.63, 3.8) is 0 Å². The highest BCUT2D eigenvalue weighted by Gasteiger charge is 2.17. The molecule has 0 saturated heterocycles. The SMILES string of the molecule is CC=CCS(=O)(=O)CC(O)COc1cc(C)ccc1C(C)C. The van der Waals surface area contributed by atoms with Crippen molar-refractivity contribution < 1.29 is 18.3 Å². The Morgan fingerprint density at radius 2 is 2.00 bits per heavy atom. The molecule has 1 N–H and O–H groups in total. The Morgan fingerprint density at radius 3 is 2.59 bits per heavy atom. The van der Waals surface area contributed by atoms with Gasteiger partial charge in [-0.1, -0.05) is 38.1 Å². The first-order valence-corrected chi connectivity index (χ1v) is 9.30. The molecule has 0 aliphatic rings. The number of allylic oxidation sites excluding steroid dienone is 1. The quantitative estimate of drug-likeness (QED) is 0.746. The lowest BCUT2D eigenvalue weighted by Gasteiger charge is -2.17. The third kappa shape index (κ3) is 6.20. The molecule has 1 rings (SSSR count). The van der Waals surface area contributed by atoms with Crippen molar-refractivity contribution in [3.05, 3.63) is 41.5 Å². The summed E-state index contributed by atoms with van der Waals surface area (Å²) in [5.74, 6) is 0.661. The number of sulfone groups is 1. The first-order chi connectivity index (χ1) is 10.2. The minimum absolute atomic E-state index is 0.0295. The molecule has 0 radical (unpaired) electrons. The number of aliphatic hydroxyl groups excluding tert-OH is 1. The van der Waals surface area contributed by atoms with Crippen LogP contribution in [0.15, 0.2) is 30.4 Å². The van der Waals surface area contributed by atoms with E-state index in [9.17, 15) is 13.5 Å². The van der Waals surface area contributed by atoms with E-state index in [2.05, 4.69) is 13.8 Å². The van der Waals surface area contributed by atoms with Crippen LogP contribution in [0.1, 0.15) is 37.8 Å². The molecule has 0 aromatic heterocycles. The van der Waals surface area contributed by atoms with Gasteiger partial charge in [0, 0.05) is 0 Å². The lowest BCUT2D eigenvalue weighted by Crippen LogP contribution is -2.28. The molecule has 4 nitrogen and oxygen atoms in total. The minimum Gasteiger partial charge on any atom is -0.491 e. The fourth-order valence-electron chi connectivity index (χ4n) is 2.08. The molecule has 0 aliphatic carbocycles. The molecule has 0 saturated carbocycles. The summed E-state index contributed by atoms with van der Waals surface area (Å²) in [7, 11) is -3.30. The lowest BCUT2D eigenvalue weighted by atomic mass is 10.0. The van der Waals surface area contributed by atoms with E-state index in [1.807, 2.05) is 25.1 Å². The summed E-state index contributed by atoms with van der Waals surface area (Å²) in [4.78, 5) is 0.